The van der Waals surface area contributed by atoms with Gasteiger partial charge in [-0.05, 0) is 63.7 Å². The van der Waals surface area contributed by atoms with Gasteiger partial charge in [-0.2, -0.15) is 0 Å². The fraction of sp³-hybridized carbons (Fsp3) is 0.591. The number of fused-ring (bicyclic) bond motifs is 1. The molecule has 4 rings (SSSR count). The molecule has 1 aromatic heterocycles. The average Bonchev–Trinajstić information content (AvgIpc) is 2.98. The van der Waals surface area contributed by atoms with Crippen LogP contribution >= 0.6 is 0 Å². The van der Waals surface area contributed by atoms with Crippen LogP contribution in [0.15, 0.2) is 23.0 Å². The molecule has 162 valence electrons. The minimum Gasteiger partial charge on any atom is -0.375 e. The third kappa shape index (κ3) is 4.06. The van der Waals surface area contributed by atoms with Crippen LogP contribution in [0.4, 0.5) is 0 Å². The Bertz CT molecular complexity index is 1000. The highest BCUT2D eigenvalue weighted by molar-refractivity contribution is 6.00. The first-order chi connectivity index (χ1) is 14.5. The molecule has 2 fully saturated rings. The standard InChI is InChI=1S/C22H30N4O4/c1-14(30-16-10-12-23-13-11-16)6-7-15-4-3-5-17-20(15)25(2)22(29)26(17)18-8-9-19(27)24-21(18)28/h3-5,14,16,18,23H,6-13H2,1-2H3,(H,24,27,28)/t14-,18?/m0/s1. The summed E-state index contributed by atoms with van der Waals surface area (Å²) in [5.41, 5.74) is 2.42. The van der Waals surface area contributed by atoms with E-state index in [2.05, 4.69) is 17.6 Å². The van der Waals surface area contributed by atoms with Gasteiger partial charge in [0.2, 0.25) is 11.8 Å². The van der Waals surface area contributed by atoms with Gasteiger partial charge in [-0.25, -0.2) is 4.79 Å². The zero-order chi connectivity index (χ0) is 21.3. The molecular formula is C22H30N4O4. The van der Waals surface area contributed by atoms with E-state index >= 15 is 0 Å². The number of nitrogens with zero attached hydrogens (tertiary/aromatic N) is 2. The van der Waals surface area contributed by atoms with Gasteiger partial charge in [0.1, 0.15) is 6.04 Å². The van der Waals surface area contributed by atoms with Gasteiger partial charge in [0.15, 0.2) is 0 Å². The van der Waals surface area contributed by atoms with Gasteiger partial charge < -0.3 is 10.1 Å². The van der Waals surface area contributed by atoms with Crippen molar-refractivity contribution in [1.29, 1.82) is 0 Å². The van der Waals surface area contributed by atoms with Gasteiger partial charge >= 0.3 is 5.69 Å². The number of rotatable bonds is 6. The van der Waals surface area contributed by atoms with Crippen LogP contribution in [-0.4, -0.2) is 46.2 Å². The molecule has 8 heteroatoms. The van der Waals surface area contributed by atoms with Gasteiger partial charge in [-0.3, -0.25) is 24.0 Å². The number of carbonyl (C=O) groups excluding carboxylic acids is 2. The van der Waals surface area contributed by atoms with Crippen molar-refractivity contribution in [1.82, 2.24) is 19.8 Å². The summed E-state index contributed by atoms with van der Waals surface area (Å²) in [4.78, 5) is 36.9. The second-order valence-electron chi connectivity index (χ2n) is 8.40. The molecule has 2 atom stereocenters. The van der Waals surface area contributed by atoms with Crippen molar-refractivity contribution in [3.05, 3.63) is 34.2 Å². The Hall–Kier alpha value is -2.45. The summed E-state index contributed by atoms with van der Waals surface area (Å²) in [5, 5.41) is 5.71. The Kier molecular flexibility index (Phi) is 6.06. The fourth-order valence-electron chi connectivity index (χ4n) is 4.64. The van der Waals surface area contributed by atoms with E-state index in [0.29, 0.717) is 12.5 Å². The summed E-state index contributed by atoms with van der Waals surface area (Å²) < 4.78 is 9.36. The number of nitrogens with one attached hydrogen (secondary N) is 2. The summed E-state index contributed by atoms with van der Waals surface area (Å²) in [6.07, 6.45) is 4.77. The molecular weight excluding hydrogens is 384 g/mol. The van der Waals surface area contributed by atoms with E-state index in [1.807, 2.05) is 18.2 Å². The van der Waals surface area contributed by atoms with Crippen molar-refractivity contribution in [2.45, 2.75) is 63.7 Å². The zero-order valence-electron chi connectivity index (χ0n) is 17.6. The lowest BCUT2D eigenvalue weighted by molar-refractivity contribution is -0.135. The van der Waals surface area contributed by atoms with E-state index in [1.54, 1.807) is 11.6 Å². The Morgan fingerprint density at radius 1 is 1.17 bits per heavy atom. The number of para-hydroxylation sites is 1. The summed E-state index contributed by atoms with van der Waals surface area (Å²) >= 11 is 0. The van der Waals surface area contributed by atoms with Crippen LogP contribution in [0.25, 0.3) is 11.0 Å². The second kappa shape index (κ2) is 8.73. The van der Waals surface area contributed by atoms with Crippen LogP contribution in [0, 0.1) is 0 Å². The normalized spacial score (nSPS) is 21.7. The molecule has 0 aliphatic carbocycles. The van der Waals surface area contributed by atoms with E-state index in [0.717, 1.165) is 55.4 Å². The lowest BCUT2D eigenvalue weighted by Gasteiger charge is -2.26. The van der Waals surface area contributed by atoms with Crippen LogP contribution in [0.2, 0.25) is 0 Å². The summed E-state index contributed by atoms with van der Waals surface area (Å²) in [5.74, 6) is -0.691. The molecule has 0 bridgehead atoms. The van der Waals surface area contributed by atoms with Crippen molar-refractivity contribution < 1.29 is 14.3 Å². The van der Waals surface area contributed by atoms with E-state index in [9.17, 15) is 14.4 Å². The van der Waals surface area contributed by atoms with Crippen molar-refractivity contribution in [2.75, 3.05) is 13.1 Å². The molecule has 3 heterocycles. The Morgan fingerprint density at radius 2 is 1.93 bits per heavy atom. The lowest BCUT2D eigenvalue weighted by Crippen LogP contribution is -2.44. The Morgan fingerprint density at radius 3 is 2.67 bits per heavy atom. The highest BCUT2D eigenvalue weighted by atomic mass is 16.5. The maximum absolute atomic E-state index is 13.0. The first-order valence-corrected chi connectivity index (χ1v) is 10.8. The molecule has 30 heavy (non-hydrogen) atoms. The number of carbonyl (C=O) groups is 2. The molecule has 1 aromatic carbocycles. The predicted molar refractivity (Wildman–Crippen MR) is 113 cm³/mol. The molecule has 0 saturated carbocycles. The van der Waals surface area contributed by atoms with Crippen LogP contribution in [0.3, 0.4) is 0 Å². The number of ether oxygens (including phenoxy) is 1. The van der Waals surface area contributed by atoms with Gasteiger partial charge in [0.05, 0.1) is 23.2 Å². The van der Waals surface area contributed by atoms with Crippen molar-refractivity contribution in [3.63, 3.8) is 0 Å². The van der Waals surface area contributed by atoms with Gasteiger partial charge in [-0.1, -0.05) is 12.1 Å². The Labute approximate surface area is 175 Å². The SMILES string of the molecule is C[C@@H](CCc1cccc2c1n(C)c(=O)n2C1CCC(=O)NC1=O)OC1CCNCC1. The predicted octanol–water partition coefficient (Wildman–Crippen LogP) is 1.41. The van der Waals surface area contributed by atoms with E-state index < -0.39 is 11.9 Å². The molecule has 2 aromatic rings. The third-order valence-corrected chi connectivity index (χ3v) is 6.24. The largest absolute Gasteiger partial charge is 0.375 e. The number of imidazole rings is 1. The number of hydrogen-bond donors (Lipinski definition) is 2. The number of aryl methyl sites for hydroxylation is 2. The minimum atomic E-state index is -0.656. The van der Waals surface area contributed by atoms with Crippen LogP contribution in [0.1, 0.15) is 50.6 Å². The quantitative estimate of drug-likeness (QED) is 0.697. The number of amides is 2. The molecule has 2 aliphatic rings. The minimum absolute atomic E-state index is 0.137. The summed E-state index contributed by atoms with van der Waals surface area (Å²) in [7, 11) is 1.74. The average molecular weight is 415 g/mol. The molecule has 0 spiro atoms. The van der Waals surface area contributed by atoms with Crippen molar-refractivity contribution in [3.8, 4) is 0 Å². The topological polar surface area (TPSA) is 94.4 Å². The molecule has 1 unspecified atom stereocenters. The number of imide groups is 1. The lowest BCUT2D eigenvalue weighted by atomic mass is 10.0. The van der Waals surface area contributed by atoms with Gasteiger partial charge in [0, 0.05) is 13.5 Å². The van der Waals surface area contributed by atoms with Crippen LogP contribution < -0.4 is 16.3 Å². The maximum Gasteiger partial charge on any atom is 0.329 e. The maximum atomic E-state index is 13.0. The number of benzene rings is 1. The number of piperidine rings is 2. The van der Waals surface area contributed by atoms with E-state index in [-0.39, 0.29) is 24.1 Å². The number of aromatic nitrogens is 2. The molecule has 2 amide bonds. The molecule has 0 radical (unpaired) electrons. The van der Waals surface area contributed by atoms with Crippen molar-refractivity contribution in [2.24, 2.45) is 7.05 Å². The van der Waals surface area contributed by atoms with Gasteiger partial charge in [-0.15, -0.1) is 0 Å². The first kappa shape index (κ1) is 20.8. The van der Waals surface area contributed by atoms with Gasteiger partial charge in [0.25, 0.3) is 0 Å². The van der Waals surface area contributed by atoms with E-state index in [4.69, 9.17) is 4.74 Å². The number of hydrogen-bond acceptors (Lipinski definition) is 5. The molecule has 8 nitrogen and oxygen atoms in total. The fourth-order valence-corrected chi connectivity index (χ4v) is 4.64. The Balaban J connectivity index is 1.56. The van der Waals surface area contributed by atoms with Crippen LogP contribution in [-0.2, 0) is 27.8 Å². The molecule has 2 saturated heterocycles. The molecule has 2 N–H and O–H groups in total. The summed E-state index contributed by atoms with van der Waals surface area (Å²) in [6.45, 7) is 4.12. The first-order valence-electron chi connectivity index (χ1n) is 10.8. The second-order valence-corrected chi connectivity index (χ2v) is 8.40. The monoisotopic (exact) mass is 414 g/mol. The smallest absolute Gasteiger partial charge is 0.329 e. The highest BCUT2D eigenvalue weighted by Crippen LogP contribution is 2.26. The summed E-state index contributed by atoms with van der Waals surface area (Å²) in [6, 6.07) is 5.18. The zero-order valence-corrected chi connectivity index (χ0v) is 17.6. The van der Waals surface area contributed by atoms with E-state index in [1.165, 1.54) is 4.57 Å². The van der Waals surface area contributed by atoms with Crippen molar-refractivity contribution >= 4 is 22.8 Å². The third-order valence-electron chi connectivity index (χ3n) is 6.24. The highest BCUT2D eigenvalue weighted by Gasteiger charge is 2.31. The molecule has 2 aliphatic heterocycles. The van der Waals surface area contributed by atoms with Crippen LogP contribution in [0.5, 0.6) is 0 Å².